The maximum absolute atomic E-state index is 6.08. The van der Waals surface area contributed by atoms with Crippen molar-refractivity contribution in [3.63, 3.8) is 0 Å². The third kappa shape index (κ3) is 3.19. The van der Waals surface area contributed by atoms with Crippen molar-refractivity contribution in [1.82, 2.24) is 5.32 Å². The van der Waals surface area contributed by atoms with Crippen LogP contribution < -0.4 is 5.32 Å². The molecule has 1 atom stereocenters. The Bertz CT molecular complexity index is 574. The lowest BCUT2D eigenvalue weighted by Crippen LogP contribution is -2.22. The van der Waals surface area contributed by atoms with E-state index in [-0.39, 0.29) is 6.04 Å². The van der Waals surface area contributed by atoms with E-state index in [0.717, 1.165) is 10.9 Å². The summed E-state index contributed by atoms with van der Waals surface area (Å²) in [6.07, 6.45) is 0. The van der Waals surface area contributed by atoms with Gasteiger partial charge in [-0.05, 0) is 61.7 Å². The van der Waals surface area contributed by atoms with Crippen LogP contribution >= 0.6 is 22.9 Å². The van der Waals surface area contributed by atoms with Crippen LogP contribution in [0, 0.1) is 20.8 Å². The second-order valence-electron chi connectivity index (χ2n) is 4.93. The third-order valence-electron chi connectivity index (χ3n) is 3.48. The van der Waals surface area contributed by atoms with Crippen molar-refractivity contribution < 1.29 is 0 Å². The Morgan fingerprint density at radius 1 is 1.11 bits per heavy atom. The Kier molecular flexibility index (Phi) is 4.67. The molecule has 1 aromatic heterocycles. The largest absolute Gasteiger partial charge is 0.306 e. The van der Waals surface area contributed by atoms with Gasteiger partial charge in [0, 0.05) is 4.88 Å². The molecule has 1 nitrogen and oxygen atoms in total. The molecule has 0 saturated heterocycles. The molecular formula is C16H20ClNS. The molecule has 0 saturated carbocycles. The summed E-state index contributed by atoms with van der Waals surface area (Å²) in [4.78, 5) is 1.28. The first-order valence-corrected chi connectivity index (χ1v) is 7.78. The summed E-state index contributed by atoms with van der Waals surface area (Å²) in [6.45, 7) is 9.59. The molecule has 1 unspecified atom stereocenters. The van der Waals surface area contributed by atoms with E-state index < -0.39 is 0 Å². The number of hydrogen-bond acceptors (Lipinski definition) is 2. The quantitative estimate of drug-likeness (QED) is 0.834. The lowest BCUT2D eigenvalue weighted by atomic mass is 9.95. The fraction of sp³-hybridized carbons (Fsp3) is 0.375. The number of thiophene rings is 1. The maximum atomic E-state index is 6.08. The minimum Gasteiger partial charge on any atom is -0.306 e. The minimum atomic E-state index is 0.238. The molecule has 1 N–H and O–H groups in total. The van der Waals surface area contributed by atoms with E-state index in [1.807, 2.05) is 6.07 Å². The molecular weight excluding hydrogens is 274 g/mol. The molecule has 1 heterocycles. The topological polar surface area (TPSA) is 12.0 Å². The number of benzene rings is 1. The van der Waals surface area contributed by atoms with Crippen molar-refractivity contribution in [1.29, 1.82) is 0 Å². The van der Waals surface area contributed by atoms with E-state index in [0.29, 0.717) is 0 Å². The molecule has 0 amide bonds. The maximum Gasteiger partial charge on any atom is 0.0931 e. The predicted octanol–water partition coefficient (Wildman–Crippen LogP) is 5.03. The smallest absolute Gasteiger partial charge is 0.0931 e. The van der Waals surface area contributed by atoms with Gasteiger partial charge in [0.2, 0.25) is 0 Å². The first kappa shape index (κ1) is 14.6. The highest BCUT2D eigenvalue weighted by Crippen LogP contribution is 2.33. The summed E-state index contributed by atoms with van der Waals surface area (Å²) in [5.74, 6) is 0. The van der Waals surface area contributed by atoms with Crippen LogP contribution in [0.1, 0.15) is 40.1 Å². The fourth-order valence-electron chi connectivity index (χ4n) is 2.35. The van der Waals surface area contributed by atoms with Crippen LogP contribution in [0.25, 0.3) is 0 Å². The molecule has 0 fully saturated rings. The first-order valence-electron chi connectivity index (χ1n) is 6.59. The van der Waals surface area contributed by atoms with Crippen molar-refractivity contribution in [2.45, 2.75) is 33.7 Å². The monoisotopic (exact) mass is 293 g/mol. The van der Waals surface area contributed by atoms with Crippen molar-refractivity contribution >= 4 is 22.9 Å². The zero-order chi connectivity index (χ0) is 14.0. The van der Waals surface area contributed by atoms with E-state index in [1.165, 1.54) is 27.1 Å². The highest BCUT2D eigenvalue weighted by Gasteiger charge is 2.17. The van der Waals surface area contributed by atoms with Gasteiger partial charge in [-0.2, -0.15) is 0 Å². The molecule has 0 aliphatic heterocycles. The molecule has 102 valence electrons. The van der Waals surface area contributed by atoms with Gasteiger partial charge in [0.05, 0.1) is 10.4 Å². The average Bonchev–Trinajstić information content (AvgIpc) is 2.78. The normalized spacial score (nSPS) is 12.7. The summed E-state index contributed by atoms with van der Waals surface area (Å²) in [7, 11) is 0. The molecule has 0 aliphatic carbocycles. The molecule has 1 aromatic carbocycles. The molecule has 2 rings (SSSR count). The van der Waals surface area contributed by atoms with Crippen LogP contribution in [0.5, 0.6) is 0 Å². The zero-order valence-corrected chi connectivity index (χ0v) is 13.5. The SMILES string of the molecule is CCNC(c1ccc(Cl)s1)c1cc(C)c(C)cc1C. The zero-order valence-electron chi connectivity index (χ0n) is 11.9. The lowest BCUT2D eigenvalue weighted by Gasteiger charge is -2.20. The van der Waals surface area contributed by atoms with Crippen molar-refractivity contribution in [2.24, 2.45) is 0 Å². The Hall–Kier alpha value is -0.830. The van der Waals surface area contributed by atoms with Gasteiger partial charge in [-0.3, -0.25) is 0 Å². The van der Waals surface area contributed by atoms with Crippen LogP contribution in [-0.2, 0) is 0 Å². The second kappa shape index (κ2) is 6.08. The van der Waals surface area contributed by atoms with E-state index in [4.69, 9.17) is 11.6 Å². The molecule has 0 bridgehead atoms. The third-order valence-corrected chi connectivity index (χ3v) is 4.78. The molecule has 19 heavy (non-hydrogen) atoms. The highest BCUT2D eigenvalue weighted by atomic mass is 35.5. The van der Waals surface area contributed by atoms with E-state index in [9.17, 15) is 0 Å². The molecule has 0 aliphatic rings. The van der Waals surface area contributed by atoms with E-state index in [1.54, 1.807) is 11.3 Å². The Labute approximate surface area is 124 Å². The van der Waals surface area contributed by atoms with Gasteiger partial charge in [-0.1, -0.05) is 30.7 Å². The van der Waals surface area contributed by atoms with Crippen LogP contribution in [0.4, 0.5) is 0 Å². The number of nitrogens with one attached hydrogen (secondary N) is 1. The molecule has 0 spiro atoms. The van der Waals surface area contributed by atoms with E-state index >= 15 is 0 Å². The van der Waals surface area contributed by atoms with E-state index in [2.05, 4.69) is 51.2 Å². The number of rotatable bonds is 4. The molecule has 3 heteroatoms. The Balaban J connectivity index is 2.47. The van der Waals surface area contributed by atoms with Gasteiger partial charge in [0.25, 0.3) is 0 Å². The number of hydrogen-bond donors (Lipinski definition) is 1. The van der Waals surface area contributed by atoms with Gasteiger partial charge < -0.3 is 5.32 Å². The summed E-state index contributed by atoms with van der Waals surface area (Å²) >= 11 is 7.73. The molecule has 2 aromatic rings. The van der Waals surface area contributed by atoms with Crippen molar-refractivity contribution in [2.75, 3.05) is 6.54 Å². The van der Waals surface area contributed by atoms with Crippen LogP contribution in [0.15, 0.2) is 24.3 Å². The van der Waals surface area contributed by atoms with Gasteiger partial charge >= 0.3 is 0 Å². The van der Waals surface area contributed by atoms with Crippen LogP contribution in [0.3, 0.4) is 0 Å². The van der Waals surface area contributed by atoms with Crippen LogP contribution in [-0.4, -0.2) is 6.54 Å². The first-order chi connectivity index (χ1) is 9.02. The summed E-state index contributed by atoms with van der Waals surface area (Å²) in [5, 5.41) is 3.57. The highest BCUT2D eigenvalue weighted by molar-refractivity contribution is 7.16. The summed E-state index contributed by atoms with van der Waals surface area (Å²) < 4.78 is 0.847. The minimum absolute atomic E-state index is 0.238. The molecule has 0 radical (unpaired) electrons. The lowest BCUT2D eigenvalue weighted by molar-refractivity contribution is 0.636. The Morgan fingerprint density at radius 2 is 1.79 bits per heavy atom. The predicted molar refractivity (Wildman–Crippen MR) is 85.5 cm³/mol. The van der Waals surface area contributed by atoms with Gasteiger partial charge in [0.1, 0.15) is 0 Å². The standard InChI is InChI=1S/C16H20ClNS/c1-5-18-16(14-6-7-15(17)19-14)13-9-11(3)10(2)8-12(13)4/h6-9,16,18H,5H2,1-4H3. The Morgan fingerprint density at radius 3 is 2.37 bits per heavy atom. The van der Waals surface area contributed by atoms with Gasteiger partial charge in [0.15, 0.2) is 0 Å². The summed E-state index contributed by atoms with van der Waals surface area (Å²) in [6, 6.07) is 8.90. The van der Waals surface area contributed by atoms with Gasteiger partial charge in [-0.15, -0.1) is 11.3 Å². The number of halogens is 1. The summed E-state index contributed by atoms with van der Waals surface area (Å²) in [5.41, 5.74) is 5.37. The van der Waals surface area contributed by atoms with Crippen molar-refractivity contribution in [3.05, 3.63) is 55.7 Å². The van der Waals surface area contributed by atoms with Crippen molar-refractivity contribution in [3.8, 4) is 0 Å². The van der Waals surface area contributed by atoms with Crippen LogP contribution in [0.2, 0.25) is 4.34 Å². The number of aryl methyl sites for hydroxylation is 3. The fourth-order valence-corrected chi connectivity index (χ4v) is 3.50. The average molecular weight is 294 g/mol. The van der Waals surface area contributed by atoms with Gasteiger partial charge in [-0.25, -0.2) is 0 Å². The second-order valence-corrected chi connectivity index (χ2v) is 6.67.